The highest BCUT2D eigenvalue weighted by molar-refractivity contribution is 5.34. The van der Waals surface area contributed by atoms with Crippen LogP contribution < -0.4 is 4.74 Å². The van der Waals surface area contributed by atoms with Gasteiger partial charge in [-0.25, -0.2) is 0 Å². The van der Waals surface area contributed by atoms with Crippen molar-refractivity contribution in [2.75, 3.05) is 33.4 Å². The van der Waals surface area contributed by atoms with Crippen LogP contribution in [0.1, 0.15) is 19.4 Å². The van der Waals surface area contributed by atoms with Crippen molar-refractivity contribution in [2.45, 2.75) is 19.9 Å². The van der Waals surface area contributed by atoms with Crippen molar-refractivity contribution in [2.24, 2.45) is 0 Å². The van der Waals surface area contributed by atoms with Crippen molar-refractivity contribution in [3.8, 4) is 11.8 Å². The summed E-state index contributed by atoms with van der Waals surface area (Å²) in [7, 11) is 1.72. The van der Waals surface area contributed by atoms with E-state index in [9.17, 15) is 0 Å². The van der Waals surface area contributed by atoms with Gasteiger partial charge in [-0.05, 0) is 37.7 Å². The minimum atomic E-state index is 0.388. The molecule has 1 aromatic rings. The van der Waals surface area contributed by atoms with Crippen molar-refractivity contribution in [1.82, 2.24) is 4.90 Å². The van der Waals surface area contributed by atoms with Gasteiger partial charge in [-0.15, -0.1) is 0 Å². The molecule has 0 N–H and O–H groups in total. The molecule has 4 nitrogen and oxygen atoms in total. The Balaban J connectivity index is 2.37. The number of nitrogens with zero attached hydrogens (tertiary/aromatic N) is 2. The maximum atomic E-state index is 8.71. The summed E-state index contributed by atoms with van der Waals surface area (Å²) < 4.78 is 10.8. The lowest BCUT2D eigenvalue weighted by Gasteiger charge is -2.27. The minimum absolute atomic E-state index is 0.388. The minimum Gasteiger partial charge on any atom is -0.492 e. The molecule has 0 aliphatic rings. The lowest BCUT2D eigenvalue weighted by molar-refractivity contribution is 0.0920. The van der Waals surface area contributed by atoms with Crippen LogP contribution in [0.4, 0.5) is 0 Å². The van der Waals surface area contributed by atoms with E-state index in [0.717, 1.165) is 25.4 Å². The lowest BCUT2D eigenvalue weighted by Crippen LogP contribution is -2.38. The number of methoxy groups -OCH3 is 1. The maximum absolute atomic E-state index is 8.71. The van der Waals surface area contributed by atoms with E-state index in [-0.39, 0.29) is 0 Å². The molecule has 1 rings (SSSR count). The van der Waals surface area contributed by atoms with Crippen molar-refractivity contribution in [1.29, 1.82) is 5.26 Å². The fourth-order valence-electron chi connectivity index (χ4n) is 1.94. The molecule has 0 amide bonds. The average molecular weight is 262 g/mol. The summed E-state index contributed by atoms with van der Waals surface area (Å²) >= 11 is 0. The summed E-state index contributed by atoms with van der Waals surface area (Å²) in [5.74, 6) is 0.800. The number of likely N-dealkylation sites (N-methyl/N-ethyl adjacent to an activating group) is 1. The Morgan fingerprint density at radius 3 is 2.53 bits per heavy atom. The van der Waals surface area contributed by atoms with Crippen molar-refractivity contribution < 1.29 is 9.47 Å². The summed E-state index contributed by atoms with van der Waals surface area (Å²) in [6.07, 6.45) is 0. The highest BCUT2D eigenvalue weighted by Crippen LogP contribution is 2.11. The molecule has 1 unspecified atom stereocenters. The highest BCUT2D eigenvalue weighted by Gasteiger charge is 2.11. The van der Waals surface area contributed by atoms with Crippen molar-refractivity contribution in [3.05, 3.63) is 29.8 Å². The quantitative estimate of drug-likeness (QED) is 0.721. The highest BCUT2D eigenvalue weighted by atomic mass is 16.5. The van der Waals surface area contributed by atoms with E-state index >= 15 is 0 Å². The van der Waals surface area contributed by atoms with Gasteiger partial charge < -0.3 is 9.47 Å². The molecule has 0 aliphatic carbocycles. The first kappa shape index (κ1) is 15.5. The molecule has 0 aliphatic heterocycles. The van der Waals surface area contributed by atoms with E-state index in [1.807, 2.05) is 12.1 Å². The van der Waals surface area contributed by atoms with Gasteiger partial charge in [0.2, 0.25) is 0 Å². The van der Waals surface area contributed by atoms with E-state index in [1.54, 1.807) is 19.2 Å². The third-order valence-corrected chi connectivity index (χ3v) is 3.07. The fourth-order valence-corrected chi connectivity index (χ4v) is 1.94. The number of rotatable bonds is 8. The number of hydrogen-bond acceptors (Lipinski definition) is 4. The summed E-state index contributed by atoms with van der Waals surface area (Å²) in [6, 6.07) is 9.66. The first-order valence-corrected chi connectivity index (χ1v) is 6.57. The molecule has 0 saturated heterocycles. The molecule has 19 heavy (non-hydrogen) atoms. The Kier molecular flexibility index (Phi) is 6.94. The molecule has 0 bridgehead atoms. The molecule has 1 aromatic carbocycles. The van der Waals surface area contributed by atoms with Gasteiger partial charge in [0.05, 0.1) is 18.2 Å². The largest absolute Gasteiger partial charge is 0.492 e. The molecule has 0 spiro atoms. The Bertz CT molecular complexity index is 398. The fraction of sp³-hybridized carbons (Fsp3) is 0.533. The second-order valence-electron chi connectivity index (χ2n) is 4.42. The summed E-state index contributed by atoms with van der Waals surface area (Å²) in [5, 5.41) is 8.71. The average Bonchev–Trinajstić information content (AvgIpc) is 2.44. The van der Waals surface area contributed by atoms with Crippen LogP contribution in [-0.2, 0) is 4.74 Å². The van der Waals surface area contributed by atoms with Crippen LogP contribution in [0.25, 0.3) is 0 Å². The summed E-state index contributed by atoms with van der Waals surface area (Å²) in [6.45, 7) is 7.48. The Morgan fingerprint density at radius 1 is 1.32 bits per heavy atom. The standard InChI is InChI=1S/C15H22N2O2/c1-4-17(13(2)12-18-3)9-10-19-15-7-5-14(11-16)6-8-15/h5-8,13H,4,9-10,12H2,1-3H3. The van der Waals surface area contributed by atoms with Gasteiger partial charge >= 0.3 is 0 Å². The van der Waals surface area contributed by atoms with E-state index in [2.05, 4.69) is 24.8 Å². The van der Waals surface area contributed by atoms with Crippen LogP contribution in [0.3, 0.4) is 0 Å². The molecule has 1 atom stereocenters. The molecule has 0 radical (unpaired) electrons. The lowest BCUT2D eigenvalue weighted by atomic mass is 10.2. The number of ether oxygens (including phenoxy) is 2. The number of nitriles is 1. The molecule has 0 aromatic heterocycles. The Hall–Kier alpha value is -1.57. The second kappa shape index (κ2) is 8.52. The van der Waals surface area contributed by atoms with Gasteiger partial charge in [0.25, 0.3) is 0 Å². The van der Waals surface area contributed by atoms with Gasteiger partial charge in [0.15, 0.2) is 0 Å². The van der Waals surface area contributed by atoms with Crippen LogP contribution >= 0.6 is 0 Å². The van der Waals surface area contributed by atoms with Gasteiger partial charge in [0, 0.05) is 19.7 Å². The molecule has 0 saturated carbocycles. The Labute approximate surface area is 115 Å². The second-order valence-corrected chi connectivity index (χ2v) is 4.42. The van der Waals surface area contributed by atoms with E-state index in [1.165, 1.54) is 0 Å². The molecule has 104 valence electrons. The third-order valence-electron chi connectivity index (χ3n) is 3.07. The topological polar surface area (TPSA) is 45.5 Å². The normalized spacial score (nSPS) is 12.2. The van der Waals surface area contributed by atoms with Crippen molar-refractivity contribution in [3.63, 3.8) is 0 Å². The third kappa shape index (κ3) is 5.29. The Morgan fingerprint density at radius 2 is 2.00 bits per heavy atom. The maximum Gasteiger partial charge on any atom is 0.119 e. The van der Waals surface area contributed by atoms with Gasteiger partial charge in [-0.1, -0.05) is 6.92 Å². The summed E-state index contributed by atoms with van der Waals surface area (Å²) in [5.41, 5.74) is 0.649. The first-order valence-electron chi connectivity index (χ1n) is 6.57. The van der Waals surface area contributed by atoms with Crippen molar-refractivity contribution >= 4 is 0 Å². The number of hydrogen-bond donors (Lipinski definition) is 0. The zero-order chi connectivity index (χ0) is 14.1. The van der Waals surface area contributed by atoms with E-state index in [0.29, 0.717) is 18.2 Å². The molecular weight excluding hydrogens is 240 g/mol. The van der Waals surface area contributed by atoms with E-state index in [4.69, 9.17) is 14.7 Å². The van der Waals surface area contributed by atoms with Crippen LogP contribution in [0.5, 0.6) is 5.75 Å². The number of benzene rings is 1. The molecule has 0 fully saturated rings. The zero-order valence-electron chi connectivity index (χ0n) is 11.9. The van der Waals surface area contributed by atoms with E-state index < -0.39 is 0 Å². The van der Waals surface area contributed by atoms with Crippen LogP contribution in [0, 0.1) is 11.3 Å². The van der Waals surface area contributed by atoms with Crippen LogP contribution in [0.2, 0.25) is 0 Å². The molecular formula is C15H22N2O2. The predicted octanol–water partition coefficient (Wildman–Crippen LogP) is 2.29. The monoisotopic (exact) mass is 262 g/mol. The zero-order valence-corrected chi connectivity index (χ0v) is 11.9. The van der Waals surface area contributed by atoms with Crippen LogP contribution in [-0.4, -0.2) is 44.4 Å². The SMILES string of the molecule is CCN(CCOc1ccc(C#N)cc1)C(C)COC. The predicted molar refractivity (Wildman–Crippen MR) is 75.2 cm³/mol. The summed E-state index contributed by atoms with van der Waals surface area (Å²) in [4.78, 5) is 2.31. The smallest absolute Gasteiger partial charge is 0.119 e. The van der Waals surface area contributed by atoms with Gasteiger partial charge in [-0.3, -0.25) is 4.90 Å². The van der Waals surface area contributed by atoms with Gasteiger partial charge in [-0.2, -0.15) is 5.26 Å². The van der Waals surface area contributed by atoms with Crippen LogP contribution in [0.15, 0.2) is 24.3 Å². The molecule has 0 heterocycles. The van der Waals surface area contributed by atoms with Gasteiger partial charge in [0.1, 0.15) is 12.4 Å². The molecule has 4 heteroatoms. The first-order chi connectivity index (χ1) is 9.21.